The Kier molecular flexibility index (Phi) is 3.72. The molecule has 58 valence electrons. The van der Waals surface area contributed by atoms with Crippen LogP contribution in [0.25, 0.3) is 0 Å². The lowest BCUT2D eigenvalue weighted by Crippen LogP contribution is -1.93. The van der Waals surface area contributed by atoms with Gasteiger partial charge in [0.15, 0.2) is 9.84 Å². The first-order chi connectivity index (χ1) is 4.48. The van der Waals surface area contributed by atoms with E-state index in [0.717, 1.165) is 11.0 Å². The molecular formula is C6H9ClO2S. The third kappa shape index (κ3) is 4.62. The summed E-state index contributed by atoms with van der Waals surface area (Å²) in [5.74, 6) is 0. The van der Waals surface area contributed by atoms with Gasteiger partial charge in [-0.1, -0.05) is 0 Å². The van der Waals surface area contributed by atoms with Crippen molar-refractivity contribution >= 4 is 21.4 Å². The lowest BCUT2D eigenvalue weighted by Gasteiger charge is -1.84. The van der Waals surface area contributed by atoms with Crippen molar-refractivity contribution in [1.29, 1.82) is 0 Å². The van der Waals surface area contributed by atoms with E-state index in [0.29, 0.717) is 0 Å². The fourth-order valence-corrected chi connectivity index (χ4v) is 0.906. The van der Waals surface area contributed by atoms with Crippen LogP contribution in [0.5, 0.6) is 0 Å². The highest BCUT2D eigenvalue weighted by atomic mass is 35.5. The summed E-state index contributed by atoms with van der Waals surface area (Å²) >= 11 is 5.11. The molecule has 0 N–H and O–H groups in total. The molecule has 0 saturated heterocycles. The first-order valence-corrected chi connectivity index (χ1v) is 4.91. The van der Waals surface area contributed by atoms with E-state index in [-0.39, 0.29) is 5.21 Å². The second kappa shape index (κ2) is 3.81. The van der Waals surface area contributed by atoms with Crippen molar-refractivity contribution in [3.05, 3.63) is 16.7 Å². The van der Waals surface area contributed by atoms with E-state index >= 15 is 0 Å². The van der Waals surface area contributed by atoms with Gasteiger partial charge in [-0.15, -0.1) is 17.3 Å². The van der Waals surface area contributed by atoms with Gasteiger partial charge in [0.25, 0.3) is 0 Å². The smallest absolute Gasteiger partial charge is 0.192 e. The molecule has 0 aromatic heterocycles. The highest BCUT2D eigenvalue weighted by Crippen LogP contribution is 1.95. The third-order valence-electron chi connectivity index (χ3n) is 0.679. The van der Waals surface area contributed by atoms with Crippen molar-refractivity contribution < 1.29 is 8.42 Å². The molecule has 0 spiro atoms. The van der Waals surface area contributed by atoms with Crippen molar-refractivity contribution in [1.82, 2.24) is 0 Å². The van der Waals surface area contributed by atoms with E-state index in [4.69, 9.17) is 11.6 Å². The Balaban J connectivity index is 4.61. The molecule has 0 aromatic rings. The zero-order chi connectivity index (χ0) is 8.20. The van der Waals surface area contributed by atoms with Crippen LogP contribution in [0.3, 0.4) is 0 Å². The molecule has 0 radical (unpaired) electrons. The van der Waals surface area contributed by atoms with Gasteiger partial charge in [0.2, 0.25) is 0 Å². The molecule has 0 rings (SSSR count). The summed E-state index contributed by atoms with van der Waals surface area (Å²) in [5.41, 5.74) is 3.37. The van der Waals surface area contributed by atoms with E-state index in [1.165, 1.54) is 0 Å². The molecule has 0 amide bonds. The SMILES string of the molecule is CC(C)=C=CS(=O)(=O)CCl. The zero-order valence-corrected chi connectivity index (χ0v) is 7.46. The first-order valence-electron chi connectivity index (χ1n) is 2.66. The third-order valence-corrected chi connectivity index (χ3v) is 2.37. The number of rotatable bonds is 2. The monoisotopic (exact) mass is 180 g/mol. The van der Waals surface area contributed by atoms with Crippen molar-refractivity contribution in [2.45, 2.75) is 13.8 Å². The lowest BCUT2D eigenvalue weighted by atomic mass is 10.4. The van der Waals surface area contributed by atoms with Gasteiger partial charge in [-0.3, -0.25) is 0 Å². The fraction of sp³-hybridized carbons (Fsp3) is 0.500. The molecule has 10 heavy (non-hydrogen) atoms. The molecule has 0 unspecified atom stereocenters. The van der Waals surface area contributed by atoms with Crippen molar-refractivity contribution in [2.75, 3.05) is 5.21 Å². The van der Waals surface area contributed by atoms with Crippen LogP contribution < -0.4 is 0 Å². The molecule has 0 heterocycles. The zero-order valence-electron chi connectivity index (χ0n) is 5.89. The molecule has 0 fully saturated rings. The van der Waals surface area contributed by atoms with Crippen LogP contribution in [0.15, 0.2) is 16.7 Å². The Hall–Kier alpha value is -0.240. The van der Waals surface area contributed by atoms with Gasteiger partial charge in [-0.2, -0.15) is 0 Å². The molecule has 0 atom stereocenters. The maximum absolute atomic E-state index is 10.6. The quantitative estimate of drug-likeness (QED) is 0.479. The molecule has 0 aliphatic heterocycles. The van der Waals surface area contributed by atoms with E-state index in [2.05, 4.69) is 5.73 Å². The van der Waals surface area contributed by atoms with Crippen LogP contribution in [0.4, 0.5) is 0 Å². The first kappa shape index (κ1) is 9.76. The normalized spacial score (nSPS) is 10.3. The standard InChI is InChI=1S/C6H9ClO2S/c1-6(2)3-4-10(8,9)5-7/h4H,5H2,1-2H3. The van der Waals surface area contributed by atoms with Crippen LogP contribution in [0.2, 0.25) is 0 Å². The van der Waals surface area contributed by atoms with Crippen LogP contribution in [-0.2, 0) is 9.84 Å². The minimum Gasteiger partial charge on any atom is -0.222 e. The maximum Gasteiger partial charge on any atom is 0.192 e. The predicted octanol–water partition coefficient (Wildman–Crippen LogP) is 1.68. The molecule has 2 nitrogen and oxygen atoms in total. The number of sulfone groups is 1. The number of alkyl halides is 1. The Morgan fingerprint density at radius 3 is 2.40 bits per heavy atom. The second-order valence-corrected chi connectivity index (χ2v) is 4.47. The van der Waals surface area contributed by atoms with E-state index in [9.17, 15) is 8.42 Å². The Morgan fingerprint density at radius 2 is 2.10 bits per heavy atom. The Morgan fingerprint density at radius 1 is 1.60 bits per heavy atom. The summed E-state index contributed by atoms with van der Waals surface area (Å²) in [6, 6.07) is 0. The summed E-state index contributed by atoms with van der Waals surface area (Å²) in [7, 11) is -3.21. The second-order valence-electron chi connectivity index (χ2n) is 2.03. The van der Waals surface area contributed by atoms with Crippen LogP contribution in [0.1, 0.15) is 13.8 Å². The van der Waals surface area contributed by atoms with Crippen molar-refractivity contribution in [3.8, 4) is 0 Å². The predicted molar refractivity (Wildman–Crippen MR) is 42.6 cm³/mol. The van der Waals surface area contributed by atoms with Crippen LogP contribution >= 0.6 is 11.6 Å². The fourth-order valence-electron chi connectivity index (χ4n) is 0.239. The number of allylic oxidation sites excluding steroid dienone is 1. The van der Waals surface area contributed by atoms with Crippen molar-refractivity contribution in [2.24, 2.45) is 0 Å². The Labute approximate surface area is 66.1 Å². The average molecular weight is 181 g/mol. The largest absolute Gasteiger partial charge is 0.222 e. The van der Waals surface area contributed by atoms with Crippen LogP contribution in [-0.4, -0.2) is 13.6 Å². The molecule has 0 aromatic carbocycles. The highest BCUT2D eigenvalue weighted by molar-refractivity contribution is 7.95. The van der Waals surface area contributed by atoms with Gasteiger partial charge in [0.1, 0.15) is 5.21 Å². The van der Waals surface area contributed by atoms with Crippen LogP contribution in [0, 0.1) is 0 Å². The summed E-state index contributed by atoms with van der Waals surface area (Å²) in [6.07, 6.45) is 0. The topological polar surface area (TPSA) is 34.1 Å². The van der Waals surface area contributed by atoms with Gasteiger partial charge in [0, 0.05) is 0 Å². The lowest BCUT2D eigenvalue weighted by molar-refractivity contribution is 0.609. The average Bonchev–Trinajstić information content (AvgIpc) is 1.85. The van der Waals surface area contributed by atoms with Gasteiger partial charge in [-0.05, 0) is 19.4 Å². The molecule has 0 saturated carbocycles. The van der Waals surface area contributed by atoms with Crippen molar-refractivity contribution in [3.63, 3.8) is 0 Å². The summed E-state index contributed by atoms with van der Waals surface area (Å²) in [5, 5.41) is 0.614. The van der Waals surface area contributed by atoms with Gasteiger partial charge < -0.3 is 0 Å². The molecule has 0 bridgehead atoms. The summed E-state index contributed by atoms with van der Waals surface area (Å²) in [4.78, 5) is 0. The minimum atomic E-state index is -3.21. The van der Waals surface area contributed by atoms with Gasteiger partial charge in [0.05, 0.1) is 5.41 Å². The summed E-state index contributed by atoms with van der Waals surface area (Å²) in [6.45, 7) is 3.53. The molecule has 0 aliphatic rings. The maximum atomic E-state index is 10.6. The molecule has 0 aliphatic carbocycles. The van der Waals surface area contributed by atoms with Gasteiger partial charge >= 0.3 is 0 Å². The number of hydrogen-bond donors (Lipinski definition) is 0. The minimum absolute atomic E-state index is 0.382. The van der Waals surface area contributed by atoms with E-state index in [1.54, 1.807) is 13.8 Å². The number of hydrogen-bond acceptors (Lipinski definition) is 2. The Bertz CT molecular complexity index is 253. The molecular weight excluding hydrogens is 172 g/mol. The van der Waals surface area contributed by atoms with E-state index < -0.39 is 9.84 Å². The van der Waals surface area contributed by atoms with E-state index in [1.807, 2.05) is 0 Å². The summed E-state index contributed by atoms with van der Waals surface area (Å²) < 4.78 is 21.3. The molecule has 4 heteroatoms. The highest BCUT2D eigenvalue weighted by Gasteiger charge is 1.99. The van der Waals surface area contributed by atoms with Gasteiger partial charge in [-0.25, -0.2) is 8.42 Å². The number of halogens is 1.